The Morgan fingerprint density at radius 3 is 0.500 bits per heavy atom. The van der Waals surface area contributed by atoms with Crippen LogP contribution >= 0.6 is 0 Å². The molecule has 3 nitrogen and oxygen atoms in total. The molecular weight excluding hydrogens is 97.9 g/mol. The van der Waals surface area contributed by atoms with E-state index in [-0.39, 0.29) is 35.5 Å². The number of hydrogen-bond acceptors (Lipinski definition) is 3. The first kappa shape index (κ1) is 319. The first-order chi connectivity index (χ1) is 0. The Morgan fingerprint density at radius 1 is 0.500 bits per heavy atom. The molecule has 0 aliphatic carbocycles. The Morgan fingerprint density at radius 2 is 0.500 bits per heavy atom. The predicted octanol–water partition coefficient (Wildman–Crippen LogP) is 0.483. The van der Waals surface area contributed by atoms with Crippen LogP contribution in [-0.2, 0) is 17.1 Å². The quantitative estimate of drug-likeness (QED) is 0.392. The van der Waals surface area contributed by atoms with Gasteiger partial charge in [-0.1, -0.05) is 0 Å². The molecule has 0 amide bonds. The zero-order valence-electron chi connectivity index (χ0n) is 2.47. The summed E-state index contributed by atoms with van der Waals surface area (Å²) in [5, 5.41) is 0. The van der Waals surface area contributed by atoms with Crippen LogP contribution in [0.1, 0.15) is 0 Å². The van der Waals surface area contributed by atoms with Crippen molar-refractivity contribution in [2.24, 2.45) is 0 Å². The average Bonchev–Trinajstić information content (AvgIpc) is 0. The van der Waals surface area contributed by atoms with Crippen LogP contribution in [0.15, 0.2) is 0 Å². The average molecular weight is 107 g/mol. The van der Waals surface area contributed by atoms with E-state index in [0.717, 1.165) is 0 Å². The fourth-order valence-electron chi connectivity index (χ4n) is 0. The molecule has 0 heterocycles. The summed E-state index contributed by atoms with van der Waals surface area (Å²) in [6.07, 6.45) is 0. The van der Waals surface area contributed by atoms with Gasteiger partial charge in [0, 0.05) is 0 Å². The number of hydrogen-bond donors (Lipinski definition) is 3. The summed E-state index contributed by atoms with van der Waals surface area (Å²) in [4.78, 5) is 0. The molecular formula is H9FeN3+2. The van der Waals surface area contributed by atoms with E-state index >= 15 is 0 Å². The maximum atomic E-state index is 0. The Balaban J connectivity index is 0. The number of rotatable bonds is 0. The topological polar surface area (TPSA) is 105 Å². The van der Waals surface area contributed by atoms with Crippen LogP contribution in [0, 0.1) is 0 Å². The molecule has 0 atom stereocenters. The van der Waals surface area contributed by atoms with Gasteiger partial charge in [-0.15, -0.1) is 0 Å². The zero-order chi connectivity index (χ0) is 0. The Labute approximate surface area is 36.4 Å². The summed E-state index contributed by atoms with van der Waals surface area (Å²) in [7, 11) is 0. The second-order valence-electron chi connectivity index (χ2n) is 0. The predicted molar refractivity (Wildman–Crippen MR) is 15.1 cm³/mol. The first-order valence-corrected chi connectivity index (χ1v) is 0. The van der Waals surface area contributed by atoms with E-state index in [1.165, 1.54) is 0 Å². The van der Waals surface area contributed by atoms with Crippen molar-refractivity contribution in [2.75, 3.05) is 0 Å². The molecule has 0 aliphatic rings. The van der Waals surface area contributed by atoms with Crippen LogP contribution in [0.3, 0.4) is 0 Å². The molecule has 0 unspecified atom stereocenters. The van der Waals surface area contributed by atoms with E-state index in [1.54, 1.807) is 0 Å². The maximum absolute atomic E-state index is 0. The van der Waals surface area contributed by atoms with Crippen LogP contribution in [0.25, 0.3) is 0 Å². The van der Waals surface area contributed by atoms with Crippen LogP contribution in [-0.4, -0.2) is 0 Å². The maximum Gasteiger partial charge on any atom is 2.00 e. The molecule has 4 heavy (non-hydrogen) atoms. The Kier molecular flexibility index (Phi) is 9770. The van der Waals surface area contributed by atoms with Crippen molar-refractivity contribution in [3.63, 3.8) is 0 Å². The summed E-state index contributed by atoms with van der Waals surface area (Å²) < 4.78 is 0. The molecule has 30 valence electrons. The van der Waals surface area contributed by atoms with Crippen molar-refractivity contribution in [1.82, 2.24) is 18.5 Å². The van der Waals surface area contributed by atoms with Crippen LogP contribution < -0.4 is 18.5 Å². The summed E-state index contributed by atoms with van der Waals surface area (Å²) in [6.45, 7) is 0. The van der Waals surface area contributed by atoms with Crippen LogP contribution in [0.5, 0.6) is 0 Å². The van der Waals surface area contributed by atoms with E-state index < -0.39 is 0 Å². The third-order valence-corrected chi connectivity index (χ3v) is 0. The van der Waals surface area contributed by atoms with Crippen molar-refractivity contribution >= 4 is 0 Å². The van der Waals surface area contributed by atoms with Gasteiger partial charge in [-0.3, -0.25) is 0 Å². The molecule has 0 rings (SSSR count). The van der Waals surface area contributed by atoms with Crippen molar-refractivity contribution in [1.29, 1.82) is 0 Å². The molecule has 9 N–H and O–H groups in total. The molecule has 0 spiro atoms. The Bertz CT molecular complexity index is 3.25. The van der Waals surface area contributed by atoms with Gasteiger partial charge in [0.1, 0.15) is 0 Å². The molecule has 0 aromatic heterocycles. The largest absolute Gasteiger partial charge is 2.00 e. The molecule has 0 aromatic rings. The van der Waals surface area contributed by atoms with E-state index in [4.69, 9.17) is 0 Å². The minimum atomic E-state index is 0. The normalized spacial score (nSPS) is 0. The van der Waals surface area contributed by atoms with Crippen molar-refractivity contribution in [3.8, 4) is 0 Å². The minimum absolute atomic E-state index is 0. The minimum Gasteiger partial charge on any atom is -0.344 e. The summed E-state index contributed by atoms with van der Waals surface area (Å²) in [6, 6.07) is 0. The van der Waals surface area contributed by atoms with Gasteiger partial charge in [0.25, 0.3) is 0 Å². The summed E-state index contributed by atoms with van der Waals surface area (Å²) in [5.74, 6) is 0. The molecule has 0 radical (unpaired) electrons. The van der Waals surface area contributed by atoms with E-state index in [9.17, 15) is 0 Å². The third-order valence-electron chi connectivity index (χ3n) is 0. The molecule has 0 bridgehead atoms. The smallest absolute Gasteiger partial charge is 0.344 e. The van der Waals surface area contributed by atoms with Crippen molar-refractivity contribution in [2.45, 2.75) is 0 Å². The molecule has 0 saturated carbocycles. The van der Waals surface area contributed by atoms with Crippen LogP contribution in [0.4, 0.5) is 0 Å². The standard InChI is InChI=1S/Fe.3H3N/h;3*1H3/q+2;;;. The third kappa shape index (κ3) is 29.4. The van der Waals surface area contributed by atoms with Gasteiger partial charge < -0.3 is 18.5 Å². The van der Waals surface area contributed by atoms with Gasteiger partial charge in [-0.2, -0.15) is 0 Å². The van der Waals surface area contributed by atoms with Gasteiger partial charge >= 0.3 is 17.1 Å². The second kappa shape index (κ2) is 123. The first-order valence-electron chi connectivity index (χ1n) is 0. The van der Waals surface area contributed by atoms with Gasteiger partial charge in [0.2, 0.25) is 0 Å². The molecule has 0 fully saturated rings. The fraction of sp³-hybridized carbons (Fsp3) is 0. The molecule has 0 aliphatic heterocycles. The van der Waals surface area contributed by atoms with E-state index in [2.05, 4.69) is 0 Å². The summed E-state index contributed by atoms with van der Waals surface area (Å²) in [5.41, 5.74) is 0. The van der Waals surface area contributed by atoms with Gasteiger partial charge in [-0.05, 0) is 0 Å². The van der Waals surface area contributed by atoms with Crippen molar-refractivity contribution in [3.05, 3.63) is 0 Å². The SMILES string of the molecule is N.N.N.[Fe+2]. The fourth-order valence-corrected chi connectivity index (χ4v) is 0. The monoisotopic (exact) mass is 107 g/mol. The molecule has 4 heteroatoms. The molecule has 0 saturated heterocycles. The summed E-state index contributed by atoms with van der Waals surface area (Å²) >= 11 is 0. The van der Waals surface area contributed by atoms with Gasteiger partial charge in [0.15, 0.2) is 0 Å². The van der Waals surface area contributed by atoms with E-state index in [1.807, 2.05) is 0 Å². The van der Waals surface area contributed by atoms with Gasteiger partial charge in [-0.25, -0.2) is 0 Å². The Hall–Kier alpha value is 0.399. The zero-order valence-corrected chi connectivity index (χ0v) is 3.58. The van der Waals surface area contributed by atoms with Crippen LogP contribution in [0.2, 0.25) is 0 Å². The molecule has 0 aromatic carbocycles. The second-order valence-corrected chi connectivity index (χ2v) is 0. The van der Waals surface area contributed by atoms with E-state index in [0.29, 0.717) is 0 Å². The van der Waals surface area contributed by atoms with Gasteiger partial charge in [0.05, 0.1) is 0 Å². The van der Waals surface area contributed by atoms with Crippen molar-refractivity contribution < 1.29 is 17.1 Å².